The highest BCUT2D eigenvalue weighted by atomic mass is 32.2. The predicted octanol–water partition coefficient (Wildman–Crippen LogP) is 0.606. The van der Waals surface area contributed by atoms with Crippen molar-refractivity contribution in [2.45, 2.75) is 29.9 Å². The van der Waals surface area contributed by atoms with Gasteiger partial charge in [-0.15, -0.1) is 0 Å². The highest BCUT2D eigenvalue weighted by Gasteiger charge is 2.32. The van der Waals surface area contributed by atoms with Gasteiger partial charge < -0.3 is 14.6 Å². The van der Waals surface area contributed by atoms with Crippen LogP contribution >= 0.6 is 0 Å². The van der Waals surface area contributed by atoms with Gasteiger partial charge in [-0.25, -0.2) is 17.9 Å². The molecule has 1 aromatic carbocycles. The molecule has 0 amide bonds. The fourth-order valence-corrected chi connectivity index (χ4v) is 3.26. The number of carbonyl (C=O) groups is 1. The predicted molar refractivity (Wildman–Crippen MR) is 73.7 cm³/mol. The van der Waals surface area contributed by atoms with Crippen LogP contribution in [0.15, 0.2) is 29.2 Å². The van der Waals surface area contributed by atoms with Gasteiger partial charge in [-0.3, -0.25) is 0 Å². The van der Waals surface area contributed by atoms with Crippen molar-refractivity contribution in [1.82, 2.24) is 4.72 Å². The summed E-state index contributed by atoms with van der Waals surface area (Å²) < 4.78 is 36.9. The molecule has 2 rings (SSSR count). The monoisotopic (exact) mass is 315 g/mol. The lowest BCUT2D eigenvalue weighted by molar-refractivity contribution is -0.139. The number of hydrogen-bond donors (Lipinski definition) is 2. The largest absolute Gasteiger partial charge is 0.482 e. The first-order valence-electron chi connectivity index (χ1n) is 6.40. The summed E-state index contributed by atoms with van der Waals surface area (Å²) >= 11 is 0. The van der Waals surface area contributed by atoms with Gasteiger partial charge in [-0.05, 0) is 37.1 Å². The van der Waals surface area contributed by atoms with Crippen LogP contribution in [-0.4, -0.2) is 45.4 Å². The van der Waals surface area contributed by atoms with E-state index in [1.54, 1.807) is 7.11 Å². The molecule has 0 spiro atoms. The zero-order valence-corrected chi connectivity index (χ0v) is 12.3. The zero-order valence-electron chi connectivity index (χ0n) is 11.5. The first-order valence-corrected chi connectivity index (χ1v) is 7.89. The highest BCUT2D eigenvalue weighted by molar-refractivity contribution is 7.89. The number of rotatable bonds is 7. The van der Waals surface area contributed by atoms with Gasteiger partial charge in [0.05, 0.1) is 11.0 Å². The maximum absolute atomic E-state index is 12.1. The van der Waals surface area contributed by atoms with E-state index >= 15 is 0 Å². The summed E-state index contributed by atoms with van der Waals surface area (Å²) in [5.74, 6) is -0.787. The third kappa shape index (κ3) is 4.16. The third-order valence-corrected chi connectivity index (χ3v) is 4.78. The Morgan fingerprint density at radius 1 is 1.33 bits per heavy atom. The lowest BCUT2D eigenvalue weighted by Gasteiger charge is -2.34. The number of aliphatic carboxylic acids is 1. The van der Waals surface area contributed by atoms with Crippen LogP contribution in [0, 0.1) is 0 Å². The first-order chi connectivity index (χ1) is 9.90. The maximum atomic E-state index is 12.1. The van der Waals surface area contributed by atoms with E-state index in [9.17, 15) is 13.2 Å². The number of sulfonamides is 1. The SMILES string of the molecule is COC1CC(NS(=O)(=O)c2ccc(OCC(=O)O)cc2)C1. The number of benzene rings is 1. The van der Waals surface area contributed by atoms with E-state index in [1.807, 2.05) is 0 Å². The van der Waals surface area contributed by atoms with Crippen molar-refractivity contribution in [3.63, 3.8) is 0 Å². The Bertz CT molecular complexity index is 592. The van der Waals surface area contributed by atoms with Gasteiger partial charge in [0, 0.05) is 13.2 Å². The average Bonchev–Trinajstić information content (AvgIpc) is 2.40. The van der Waals surface area contributed by atoms with E-state index in [1.165, 1.54) is 24.3 Å². The second kappa shape index (κ2) is 6.42. The second-order valence-electron chi connectivity index (χ2n) is 4.80. The molecular weight excluding hydrogens is 298 g/mol. The number of hydrogen-bond acceptors (Lipinski definition) is 5. The third-order valence-electron chi connectivity index (χ3n) is 3.25. The molecule has 1 aromatic rings. The number of ether oxygens (including phenoxy) is 2. The summed E-state index contributed by atoms with van der Waals surface area (Å²) in [5, 5.41) is 8.49. The molecule has 21 heavy (non-hydrogen) atoms. The molecule has 0 saturated heterocycles. The fraction of sp³-hybridized carbons (Fsp3) is 0.462. The van der Waals surface area contributed by atoms with E-state index in [4.69, 9.17) is 14.6 Å². The first kappa shape index (κ1) is 15.7. The molecule has 7 nitrogen and oxygen atoms in total. The van der Waals surface area contributed by atoms with Crippen LogP contribution in [0.25, 0.3) is 0 Å². The number of carboxylic acid groups (broad SMARTS) is 1. The standard InChI is InChI=1S/C13H17NO6S/c1-19-11-6-9(7-11)14-21(17,18)12-4-2-10(3-5-12)20-8-13(15)16/h2-5,9,11,14H,6-8H2,1H3,(H,15,16). The second-order valence-corrected chi connectivity index (χ2v) is 6.52. The Kier molecular flexibility index (Phi) is 4.81. The van der Waals surface area contributed by atoms with Gasteiger partial charge in [0.1, 0.15) is 5.75 Å². The Labute approximate surface area is 122 Å². The zero-order chi connectivity index (χ0) is 15.5. The van der Waals surface area contributed by atoms with Crippen LogP contribution < -0.4 is 9.46 Å². The molecule has 0 aromatic heterocycles. The van der Waals surface area contributed by atoms with Crippen molar-refractivity contribution in [2.24, 2.45) is 0 Å². The van der Waals surface area contributed by atoms with Gasteiger partial charge in [-0.1, -0.05) is 0 Å². The molecule has 1 aliphatic rings. The lowest BCUT2D eigenvalue weighted by Crippen LogP contribution is -2.47. The topological polar surface area (TPSA) is 102 Å². The molecule has 0 heterocycles. The van der Waals surface area contributed by atoms with Crippen molar-refractivity contribution >= 4 is 16.0 Å². The summed E-state index contributed by atoms with van der Waals surface area (Å²) in [6.07, 6.45) is 1.44. The molecule has 1 aliphatic carbocycles. The smallest absolute Gasteiger partial charge is 0.341 e. The Hall–Kier alpha value is -1.64. The van der Waals surface area contributed by atoms with Crippen molar-refractivity contribution in [2.75, 3.05) is 13.7 Å². The summed E-state index contributed by atoms with van der Waals surface area (Å²) in [6, 6.07) is 5.51. The van der Waals surface area contributed by atoms with Crippen LogP contribution in [-0.2, 0) is 19.6 Å². The minimum absolute atomic E-state index is 0.108. The van der Waals surface area contributed by atoms with Crippen molar-refractivity contribution in [3.05, 3.63) is 24.3 Å². The van der Waals surface area contributed by atoms with Gasteiger partial charge >= 0.3 is 5.97 Å². The van der Waals surface area contributed by atoms with E-state index < -0.39 is 22.6 Å². The molecule has 1 saturated carbocycles. The Balaban J connectivity index is 1.95. The molecule has 0 radical (unpaired) electrons. The fourth-order valence-electron chi connectivity index (χ4n) is 2.00. The highest BCUT2D eigenvalue weighted by Crippen LogP contribution is 2.25. The molecule has 2 N–H and O–H groups in total. The van der Waals surface area contributed by atoms with Gasteiger partial charge in [-0.2, -0.15) is 0 Å². The molecule has 0 atom stereocenters. The summed E-state index contributed by atoms with van der Waals surface area (Å²) in [4.78, 5) is 10.5. The molecular formula is C13H17NO6S. The summed E-state index contributed by atoms with van der Waals surface area (Å²) in [5.41, 5.74) is 0. The quantitative estimate of drug-likeness (QED) is 0.764. The van der Waals surface area contributed by atoms with Crippen molar-refractivity contribution in [1.29, 1.82) is 0 Å². The van der Waals surface area contributed by atoms with Crippen LogP contribution in [0.4, 0.5) is 0 Å². The minimum Gasteiger partial charge on any atom is -0.482 e. The van der Waals surface area contributed by atoms with E-state index in [0.717, 1.165) is 0 Å². The molecule has 116 valence electrons. The van der Waals surface area contributed by atoms with Crippen LogP contribution in [0.3, 0.4) is 0 Å². The molecule has 0 aliphatic heterocycles. The Morgan fingerprint density at radius 3 is 2.48 bits per heavy atom. The Morgan fingerprint density at radius 2 is 1.95 bits per heavy atom. The van der Waals surface area contributed by atoms with Gasteiger partial charge in [0.15, 0.2) is 6.61 Å². The maximum Gasteiger partial charge on any atom is 0.341 e. The summed E-state index contributed by atoms with van der Waals surface area (Å²) in [6.45, 7) is -0.467. The normalized spacial score (nSPS) is 21.6. The van der Waals surface area contributed by atoms with Gasteiger partial charge in [0.2, 0.25) is 10.0 Å². The number of nitrogens with one attached hydrogen (secondary N) is 1. The van der Waals surface area contributed by atoms with E-state index in [2.05, 4.69) is 4.72 Å². The number of methoxy groups -OCH3 is 1. The van der Waals surface area contributed by atoms with E-state index in [-0.39, 0.29) is 17.0 Å². The number of carboxylic acids is 1. The summed E-state index contributed by atoms with van der Waals surface area (Å²) in [7, 11) is -1.98. The van der Waals surface area contributed by atoms with Crippen LogP contribution in [0.5, 0.6) is 5.75 Å². The molecule has 0 bridgehead atoms. The van der Waals surface area contributed by atoms with Crippen LogP contribution in [0.2, 0.25) is 0 Å². The van der Waals surface area contributed by atoms with E-state index in [0.29, 0.717) is 18.6 Å². The lowest BCUT2D eigenvalue weighted by atomic mass is 9.90. The average molecular weight is 315 g/mol. The molecule has 1 fully saturated rings. The molecule has 8 heteroatoms. The van der Waals surface area contributed by atoms with Crippen LogP contribution in [0.1, 0.15) is 12.8 Å². The minimum atomic E-state index is -3.58. The molecule has 0 unspecified atom stereocenters. The van der Waals surface area contributed by atoms with Crippen molar-refractivity contribution < 1.29 is 27.8 Å². The van der Waals surface area contributed by atoms with Crippen molar-refractivity contribution in [3.8, 4) is 5.75 Å². The van der Waals surface area contributed by atoms with Gasteiger partial charge in [0.25, 0.3) is 0 Å².